The number of hydrogen-bond acceptors (Lipinski definition) is 2. The topological polar surface area (TPSA) is 50.2 Å². The second-order valence-electron chi connectivity index (χ2n) is 3.53. The summed E-state index contributed by atoms with van der Waals surface area (Å²) in [7, 11) is 0. The summed E-state index contributed by atoms with van der Waals surface area (Å²) < 4.78 is 0. The van der Waals surface area contributed by atoms with Crippen LogP contribution in [0.15, 0.2) is 30.5 Å². The zero-order chi connectivity index (χ0) is 11.5. The van der Waals surface area contributed by atoms with Crippen molar-refractivity contribution in [2.75, 3.05) is 0 Å². The Morgan fingerprint density at radius 1 is 1.44 bits per heavy atom. The van der Waals surface area contributed by atoms with E-state index in [2.05, 4.69) is 4.98 Å². The van der Waals surface area contributed by atoms with Crippen LogP contribution in [0.2, 0.25) is 5.02 Å². The van der Waals surface area contributed by atoms with Gasteiger partial charge in [0.2, 0.25) is 0 Å². The predicted octanol–water partition coefficient (Wildman–Crippen LogP) is 2.91. The number of aliphatic carboxylic acids is 1. The van der Waals surface area contributed by atoms with Crippen molar-refractivity contribution in [3.8, 4) is 0 Å². The zero-order valence-corrected chi connectivity index (χ0v) is 9.24. The molecule has 3 nitrogen and oxygen atoms in total. The van der Waals surface area contributed by atoms with Gasteiger partial charge in [-0.3, -0.25) is 9.78 Å². The van der Waals surface area contributed by atoms with E-state index >= 15 is 0 Å². The number of aryl methyl sites for hydroxylation is 1. The van der Waals surface area contributed by atoms with Crippen molar-refractivity contribution in [1.82, 2.24) is 4.98 Å². The number of benzene rings is 1. The molecule has 0 atom stereocenters. The summed E-state index contributed by atoms with van der Waals surface area (Å²) in [6.45, 7) is 0. The fraction of sp³-hybridized carbons (Fsp3) is 0.167. The minimum absolute atomic E-state index is 0.0893. The van der Waals surface area contributed by atoms with Crippen molar-refractivity contribution < 1.29 is 9.90 Å². The van der Waals surface area contributed by atoms with Gasteiger partial charge in [0.05, 0.1) is 5.52 Å². The Morgan fingerprint density at radius 3 is 3.00 bits per heavy atom. The summed E-state index contributed by atoms with van der Waals surface area (Å²) in [5, 5.41) is 10.2. The third kappa shape index (κ3) is 2.31. The first kappa shape index (κ1) is 10.9. The smallest absolute Gasteiger partial charge is 0.303 e. The maximum Gasteiger partial charge on any atom is 0.303 e. The summed E-state index contributed by atoms with van der Waals surface area (Å²) in [6, 6.07) is 7.35. The van der Waals surface area contributed by atoms with Crippen LogP contribution in [0.4, 0.5) is 0 Å². The molecule has 0 amide bonds. The van der Waals surface area contributed by atoms with Crippen LogP contribution in [0.1, 0.15) is 12.0 Å². The van der Waals surface area contributed by atoms with E-state index in [1.54, 1.807) is 12.3 Å². The molecule has 0 aliphatic rings. The molecule has 1 aromatic carbocycles. The fourth-order valence-electron chi connectivity index (χ4n) is 1.66. The van der Waals surface area contributed by atoms with Gasteiger partial charge >= 0.3 is 5.97 Å². The lowest BCUT2D eigenvalue weighted by atomic mass is 10.1. The van der Waals surface area contributed by atoms with Gasteiger partial charge < -0.3 is 5.11 Å². The lowest BCUT2D eigenvalue weighted by Gasteiger charge is -2.05. The van der Waals surface area contributed by atoms with Gasteiger partial charge in [0, 0.05) is 23.0 Å². The molecule has 0 fully saturated rings. The molecule has 2 aromatic rings. The number of nitrogens with zero attached hydrogens (tertiary/aromatic N) is 1. The van der Waals surface area contributed by atoms with Crippen molar-refractivity contribution in [3.63, 3.8) is 0 Å². The second kappa shape index (κ2) is 4.49. The molecular weight excluding hydrogens is 226 g/mol. The van der Waals surface area contributed by atoms with Crippen LogP contribution in [0.3, 0.4) is 0 Å². The largest absolute Gasteiger partial charge is 0.481 e. The van der Waals surface area contributed by atoms with Crippen molar-refractivity contribution in [1.29, 1.82) is 0 Å². The highest BCUT2D eigenvalue weighted by atomic mass is 35.5. The Morgan fingerprint density at radius 2 is 2.25 bits per heavy atom. The zero-order valence-electron chi connectivity index (χ0n) is 8.48. The highest BCUT2D eigenvalue weighted by Crippen LogP contribution is 2.23. The van der Waals surface area contributed by atoms with E-state index in [-0.39, 0.29) is 6.42 Å². The average Bonchev–Trinajstić information content (AvgIpc) is 2.25. The van der Waals surface area contributed by atoms with Crippen molar-refractivity contribution in [2.45, 2.75) is 12.8 Å². The molecule has 0 unspecified atom stereocenters. The van der Waals surface area contributed by atoms with Crippen LogP contribution in [-0.2, 0) is 11.2 Å². The molecule has 82 valence electrons. The fourth-order valence-corrected chi connectivity index (χ4v) is 1.91. The molecule has 0 aliphatic carbocycles. The molecule has 0 aliphatic heterocycles. The predicted molar refractivity (Wildman–Crippen MR) is 62.7 cm³/mol. The summed E-state index contributed by atoms with van der Waals surface area (Å²) in [5.74, 6) is -0.816. The third-order valence-corrected chi connectivity index (χ3v) is 2.58. The summed E-state index contributed by atoms with van der Waals surface area (Å²) >= 11 is 5.96. The number of pyridine rings is 1. The molecule has 16 heavy (non-hydrogen) atoms. The lowest BCUT2D eigenvalue weighted by molar-refractivity contribution is -0.136. The van der Waals surface area contributed by atoms with Crippen LogP contribution >= 0.6 is 11.6 Å². The van der Waals surface area contributed by atoms with Crippen molar-refractivity contribution >= 4 is 28.5 Å². The van der Waals surface area contributed by atoms with Crippen LogP contribution in [0.5, 0.6) is 0 Å². The van der Waals surface area contributed by atoms with Crippen LogP contribution in [0.25, 0.3) is 10.9 Å². The molecule has 1 N–H and O–H groups in total. The molecule has 1 aromatic heterocycles. The molecule has 4 heteroatoms. The standard InChI is InChI=1S/C12H10ClNO2/c13-10-6-8-2-1-5-14-12(8)9(7-10)3-4-11(15)16/h1-2,5-7H,3-4H2,(H,15,16). The van der Waals surface area contributed by atoms with E-state index < -0.39 is 5.97 Å². The first-order valence-corrected chi connectivity index (χ1v) is 5.29. The van der Waals surface area contributed by atoms with Gasteiger partial charge in [-0.25, -0.2) is 0 Å². The SMILES string of the molecule is O=C(O)CCc1cc(Cl)cc2cccnc12. The third-order valence-electron chi connectivity index (χ3n) is 2.36. The summed E-state index contributed by atoms with van der Waals surface area (Å²) in [5.41, 5.74) is 1.71. The Hall–Kier alpha value is -1.61. The monoisotopic (exact) mass is 235 g/mol. The first-order chi connectivity index (χ1) is 7.66. The minimum Gasteiger partial charge on any atom is -0.481 e. The number of hydrogen-bond donors (Lipinski definition) is 1. The highest BCUT2D eigenvalue weighted by molar-refractivity contribution is 6.31. The molecule has 0 bridgehead atoms. The highest BCUT2D eigenvalue weighted by Gasteiger charge is 2.06. The van der Waals surface area contributed by atoms with Gasteiger partial charge in [0.1, 0.15) is 0 Å². The van der Waals surface area contributed by atoms with Gasteiger partial charge in [-0.2, -0.15) is 0 Å². The molecular formula is C12H10ClNO2. The van der Waals surface area contributed by atoms with E-state index in [9.17, 15) is 4.79 Å². The van der Waals surface area contributed by atoms with Gasteiger partial charge in [-0.1, -0.05) is 17.7 Å². The molecule has 0 saturated heterocycles. The summed E-state index contributed by atoms with van der Waals surface area (Å²) in [6.07, 6.45) is 2.23. The number of carbonyl (C=O) groups is 1. The maximum atomic E-state index is 10.5. The quantitative estimate of drug-likeness (QED) is 0.890. The maximum absolute atomic E-state index is 10.5. The van der Waals surface area contributed by atoms with Crippen LogP contribution in [-0.4, -0.2) is 16.1 Å². The van der Waals surface area contributed by atoms with Gasteiger partial charge in [-0.05, 0) is 30.2 Å². The number of aromatic nitrogens is 1. The van der Waals surface area contributed by atoms with E-state index in [0.29, 0.717) is 11.4 Å². The Balaban J connectivity index is 2.46. The van der Waals surface area contributed by atoms with E-state index in [1.807, 2.05) is 18.2 Å². The molecule has 0 saturated carbocycles. The normalized spacial score (nSPS) is 10.6. The number of halogens is 1. The van der Waals surface area contributed by atoms with E-state index in [4.69, 9.17) is 16.7 Å². The average molecular weight is 236 g/mol. The Labute approximate surface area is 97.7 Å². The number of rotatable bonds is 3. The number of carboxylic acids is 1. The van der Waals surface area contributed by atoms with E-state index in [1.165, 1.54) is 0 Å². The first-order valence-electron chi connectivity index (χ1n) is 4.92. The Kier molecular flexibility index (Phi) is 3.06. The van der Waals surface area contributed by atoms with Gasteiger partial charge in [-0.15, -0.1) is 0 Å². The van der Waals surface area contributed by atoms with Gasteiger partial charge in [0.15, 0.2) is 0 Å². The summed E-state index contributed by atoms with van der Waals surface area (Å²) in [4.78, 5) is 14.8. The molecule has 1 heterocycles. The Bertz CT molecular complexity index is 540. The van der Waals surface area contributed by atoms with Crippen LogP contribution < -0.4 is 0 Å². The van der Waals surface area contributed by atoms with Gasteiger partial charge in [0.25, 0.3) is 0 Å². The number of carboxylic acid groups (broad SMARTS) is 1. The second-order valence-corrected chi connectivity index (χ2v) is 3.97. The number of fused-ring (bicyclic) bond motifs is 1. The molecule has 0 radical (unpaired) electrons. The van der Waals surface area contributed by atoms with E-state index in [0.717, 1.165) is 16.5 Å². The lowest BCUT2D eigenvalue weighted by Crippen LogP contribution is -1.98. The molecule has 0 spiro atoms. The van der Waals surface area contributed by atoms with Crippen molar-refractivity contribution in [2.24, 2.45) is 0 Å². The molecule has 2 rings (SSSR count). The van der Waals surface area contributed by atoms with Crippen LogP contribution in [0, 0.1) is 0 Å². The minimum atomic E-state index is -0.816. The van der Waals surface area contributed by atoms with Crippen molar-refractivity contribution in [3.05, 3.63) is 41.0 Å².